The first-order valence-electron chi connectivity index (χ1n) is 11.9. The molecule has 0 amide bonds. The second kappa shape index (κ2) is 10.0. The van der Waals surface area contributed by atoms with Gasteiger partial charge in [-0.3, -0.25) is 9.47 Å². The van der Waals surface area contributed by atoms with Crippen LogP contribution >= 0.6 is 23.6 Å². The fourth-order valence-corrected chi connectivity index (χ4v) is 7.39. The number of aromatic nitrogens is 3. The molecule has 12 heteroatoms. The molecule has 0 spiro atoms. The highest BCUT2D eigenvalue weighted by Gasteiger charge is 2.31. The standard InChI is InChI=1S/C25H25N5O4S3/c31-37(32,23-11-6-16-36-23)28-14-12-27(13-15-28)18-29-25(35)30(19-7-2-1-3-8-19)24(26-29)22-17-33-20-9-4-5-10-21(20)34-22/h1-11,16,22H,12-15,17-18H2/t22-/m1/s1. The van der Waals surface area contributed by atoms with Gasteiger partial charge >= 0.3 is 0 Å². The zero-order valence-electron chi connectivity index (χ0n) is 19.8. The molecule has 4 heterocycles. The molecule has 6 rings (SSSR count). The molecular weight excluding hydrogens is 531 g/mol. The highest BCUT2D eigenvalue weighted by molar-refractivity contribution is 7.91. The van der Waals surface area contributed by atoms with Gasteiger partial charge < -0.3 is 9.47 Å². The summed E-state index contributed by atoms with van der Waals surface area (Å²) in [5, 5.41) is 6.67. The van der Waals surface area contributed by atoms with E-state index in [1.165, 1.54) is 11.3 Å². The number of piperazine rings is 1. The van der Waals surface area contributed by atoms with Crippen molar-refractivity contribution in [2.24, 2.45) is 0 Å². The van der Waals surface area contributed by atoms with Gasteiger partial charge in [0.25, 0.3) is 10.0 Å². The molecule has 0 aliphatic carbocycles. The minimum absolute atomic E-state index is 0.314. The molecule has 2 aliphatic heterocycles. The molecule has 1 fully saturated rings. The molecule has 2 aromatic heterocycles. The van der Waals surface area contributed by atoms with Gasteiger partial charge in [0.2, 0.25) is 4.77 Å². The molecule has 4 aromatic rings. The van der Waals surface area contributed by atoms with Crippen molar-refractivity contribution in [1.29, 1.82) is 0 Å². The fraction of sp³-hybridized carbons (Fsp3) is 0.280. The van der Waals surface area contributed by atoms with E-state index >= 15 is 0 Å². The number of nitrogens with zero attached hydrogens (tertiary/aromatic N) is 5. The second-order valence-corrected chi connectivity index (χ2v) is 12.2. The molecule has 37 heavy (non-hydrogen) atoms. The summed E-state index contributed by atoms with van der Waals surface area (Å²) in [5.74, 6) is 2.03. The predicted octanol–water partition coefficient (Wildman–Crippen LogP) is 3.94. The molecule has 2 aliphatic rings. The first kappa shape index (κ1) is 24.3. The average molecular weight is 556 g/mol. The van der Waals surface area contributed by atoms with Gasteiger partial charge in [0, 0.05) is 31.9 Å². The van der Waals surface area contributed by atoms with Crippen LogP contribution in [-0.2, 0) is 16.7 Å². The lowest BCUT2D eigenvalue weighted by Crippen LogP contribution is -2.48. The first-order chi connectivity index (χ1) is 18.0. The number of thiophene rings is 1. The number of hydrogen-bond donors (Lipinski definition) is 0. The maximum absolute atomic E-state index is 12.9. The smallest absolute Gasteiger partial charge is 0.252 e. The van der Waals surface area contributed by atoms with Gasteiger partial charge in [-0.05, 0) is 47.9 Å². The lowest BCUT2D eigenvalue weighted by Gasteiger charge is -2.33. The summed E-state index contributed by atoms with van der Waals surface area (Å²) in [6.45, 7) is 2.75. The van der Waals surface area contributed by atoms with Crippen LogP contribution in [0.4, 0.5) is 0 Å². The highest BCUT2D eigenvalue weighted by Crippen LogP contribution is 2.36. The normalized spacial score (nSPS) is 18.6. The van der Waals surface area contributed by atoms with Crippen molar-refractivity contribution in [3.63, 3.8) is 0 Å². The van der Waals surface area contributed by atoms with Crippen LogP contribution in [0.2, 0.25) is 0 Å². The summed E-state index contributed by atoms with van der Waals surface area (Å²) in [7, 11) is -3.45. The predicted molar refractivity (Wildman–Crippen MR) is 142 cm³/mol. The van der Waals surface area contributed by atoms with Crippen molar-refractivity contribution < 1.29 is 17.9 Å². The van der Waals surface area contributed by atoms with E-state index in [1.54, 1.807) is 26.5 Å². The van der Waals surface area contributed by atoms with Crippen molar-refractivity contribution in [3.8, 4) is 17.2 Å². The van der Waals surface area contributed by atoms with Crippen molar-refractivity contribution in [2.75, 3.05) is 32.8 Å². The summed E-state index contributed by atoms with van der Waals surface area (Å²) in [4.78, 5) is 2.16. The topological polar surface area (TPSA) is 81.8 Å². The van der Waals surface area contributed by atoms with Crippen LogP contribution in [0.3, 0.4) is 0 Å². The van der Waals surface area contributed by atoms with Gasteiger partial charge in [-0.25, -0.2) is 13.1 Å². The molecule has 0 bridgehead atoms. The first-order valence-corrected chi connectivity index (χ1v) is 14.6. The Labute approximate surface area is 224 Å². The number of ether oxygens (including phenoxy) is 2. The quantitative estimate of drug-likeness (QED) is 0.334. The zero-order valence-corrected chi connectivity index (χ0v) is 22.3. The molecular formula is C25H25N5O4S3. The number of fused-ring (bicyclic) bond motifs is 1. The second-order valence-electron chi connectivity index (χ2n) is 8.77. The number of para-hydroxylation sites is 3. The van der Waals surface area contributed by atoms with Crippen molar-refractivity contribution in [2.45, 2.75) is 17.0 Å². The van der Waals surface area contributed by atoms with E-state index in [1.807, 2.05) is 59.2 Å². The third kappa shape index (κ3) is 4.71. The van der Waals surface area contributed by atoms with E-state index in [0.29, 0.717) is 65.8 Å². The molecule has 1 atom stereocenters. The Kier molecular flexibility index (Phi) is 6.59. The van der Waals surface area contributed by atoms with Crippen LogP contribution in [-0.4, -0.2) is 64.8 Å². The molecule has 2 aromatic carbocycles. The summed E-state index contributed by atoms with van der Waals surface area (Å²) in [6, 6.07) is 20.8. The monoisotopic (exact) mass is 555 g/mol. The van der Waals surface area contributed by atoms with Gasteiger partial charge in [-0.2, -0.15) is 9.40 Å². The van der Waals surface area contributed by atoms with Crippen molar-refractivity contribution in [1.82, 2.24) is 23.6 Å². The number of sulfonamides is 1. The minimum Gasteiger partial charge on any atom is -0.485 e. The molecule has 0 unspecified atom stereocenters. The molecule has 0 saturated carbocycles. The Morgan fingerprint density at radius 2 is 1.68 bits per heavy atom. The van der Waals surface area contributed by atoms with E-state index in [-0.39, 0.29) is 0 Å². The van der Waals surface area contributed by atoms with Crippen LogP contribution in [0.5, 0.6) is 11.5 Å². The van der Waals surface area contributed by atoms with Crippen molar-refractivity contribution >= 4 is 33.6 Å². The molecule has 1 saturated heterocycles. The van der Waals surface area contributed by atoms with E-state index in [4.69, 9.17) is 26.8 Å². The van der Waals surface area contributed by atoms with E-state index in [0.717, 1.165) is 5.69 Å². The van der Waals surface area contributed by atoms with E-state index < -0.39 is 16.1 Å². The van der Waals surface area contributed by atoms with Crippen LogP contribution in [0.25, 0.3) is 5.69 Å². The highest BCUT2D eigenvalue weighted by atomic mass is 32.2. The summed E-state index contributed by atoms with van der Waals surface area (Å²) < 4.78 is 44.2. The van der Waals surface area contributed by atoms with Crippen LogP contribution < -0.4 is 9.47 Å². The lowest BCUT2D eigenvalue weighted by atomic mass is 10.2. The summed E-state index contributed by atoms with van der Waals surface area (Å²) >= 11 is 7.13. The summed E-state index contributed by atoms with van der Waals surface area (Å²) in [5.41, 5.74) is 0.892. The Balaban J connectivity index is 1.25. The molecule has 0 N–H and O–H groups in total. The number of benzene rings is 2. The van der Waals surface area contributed by atoms with Gasteiger partial charge in [0.1, 0.15) is 10.8 Å². The van der Waals surface area contributed by atoms with Gasteiger partial charge in [-0.15, -0.1) is 11.3 Å². The van der Waals surface area contributed by atoms with Gasteiger partial charge in [0.05, 0.1) is 6.67 Å². The number of hydrogen-bond acceptors (Lipinski definition) is 8. The van der Waals surface area contributed by atoms with Gasteiger partial charge in [-0.1, -0.05) is 36.4 Å². The van der Waals surface area contributed by atoms with Crippen LogP contribution in [0.1, 0.15) is 11.9 Å². The molecule has 192 valence electrons. The van der Waals surface area contributed by atoms with E-state index in [2.05, 4.69) is 4.90 Å². The maximum atomic E-state index is 12.9. The summed E-state index contributed by atoms with van der Waals surface area (Å²) in [6.07, 6.45) is -0.439. The lowest BCUT2D eigenvalue weighted by molar-refractivity contribution is 0.0826. The fourth-order valence-electron chi connectivity index (χ4n) is 4.53. The third-order valence-electron chi connectivity index (χ3n) is 6.43. The van der Waals surface area contributed by atoms with Crippen LogP contribution in [0, 0.1) is 4.77 Å². The SMILES string of the molecule is O=S(=O)(c1cccs1)N1CCN(Cn2nc([C@H]3COc4ccccc4O3)n(-c3ccccc3)c2=S)CC1. The average Bonchev–Trinajstić information content (AvgIpc) is 3.59. The Morgan fingerprint density at radius 1 is 0.946 bits per heavy atom. The van der Waals surface area contributed by atoms with Gasteiger partial charge in [0.15, 0.2) is 23.4 Å². The molecule has 0 radical (unpaired) electrons. The Hall–Kier alpha value is -3.03. The van der Waals surface area contributed by atoms with Crippen LogP contribution in [0.15, 0.2) is 76.3 Å². The maximum Gasteiger partial charge on any atom is 0.252 e. The zero-order chi connectivity index (χ0) is 25.4. The Bertz CT molecular complexity index is 1540. The van der Waals surface area contributed by atoms with Crippen molar-refractivity contribution in [3.05, 3.63) is 82.7 Å². The largest absolute Gasteiger partial charge is 0.485 e. The third-order valence-corrected chi connectivity index (χ3v) is 10.1. The van der Waals surface area contributed by atoms with E-state index in [9.17, 15) is 8.42 Å². The minimum atomic E-state index is -3.45. The number of rotatable bonds is 6. The Morgan fingerprint density at radius 3 is 2.41 bits per heavy atom. The molecule has 9 nitrogen and oxygen atoms in total.